The number of anilines is 1. The summed E-state index contributed by atoms with van der Waals surface area (Å²) in [6.07, 6.45) is 0.467. The van der Waals surface area contributed by atoms with Crippen molar-refractivity contribution in [1.82, 2.24) is 24.5 Å². The molecule has 2 N–H and O–H groups in total. The Morgan fingerprint density at radius 1 is 1.15 bits per heavy atom. The first-order valence-corrected chi connectivity index (χ1v) is 6.12. The van der Waals surface area contributed by atoms with Crippen molar-refractivity contribution in [1.29, 1.82) is 0 Å². The van der Waals surface area contributed by atoms with E-state index >= 15 is 0 Å². The van der Waals surface area contributed by atoms with Crippen molar-refractivity contribution >= 4 is 17.0 Å². The van der Waals surface area contributed by atoms with Crippen molar-refractivity contribution < 1.29 is 4.74 Å². The molecule has 0 atom stereocenters. The van der Waals surface area contributed by atoms with Crippen LogP contribution in [0.25, 0.3) is 11.0 Å². The summed E-state index contributed by atoms with van der Waals surface area (Å²) in [6.45, 7) is 0. The molecule has 0 aliphatic carbocycles. The molecule has 0 unspecified atom stereocenters. The summed E-state index contributed by atoms with van der Waals surface area (Å²) in [5, 5.41) is 0. The lowest BCUT2D eigenvalue weighted by molar-refractivity contribution is 0.377. The van der Waals surface area contributed by atoms with E-state index in [1.165, 1.54) is 7.11 Å². The molecule has 0 spiro atoms. The maximum Gasteiger partial charge on any atom is 0.321 e. The molecule has 3 rings (SSSR count). The molecule has 0 aliphatic heterocycles. The highest BCUT2D eigenvalue weighted by Crippen LogP contribution is 2.16. The predicted octanol–water partition coefficient (Wildman–Crippen LogP) is 0.940. The Bertz CT molecular complexity index is 767. The smallest absolute Gasteiger partial charge is 0.321 e. The zero-order valence-electron chi connectivity index (χ0n) is 11.2. The molecule has 0 fully saturated rings. The molecule has 3 aromatic rings. The van der Waals surface area contributed by atoms with Crippen LogP contribution in [0.1, 0.15) is 11.6 Å². The van der Waals surface area contributed by atoms with Gasteiger partial charge in [0.1, 0.15) is 11.6 Å². The number of aromatic nitrogens is 5. The Morgan fingerprint density at radius 3 is 2.70 bits per heavy atom. The number of nitrogens with zero attached hydrogens (tertiary/aromatic N) is 5. The first-order valence-electron chi connectivity index (χ1n) is 6.12. The Labute approximate surface area is 115 Å². The van der Waals surface area contributed by atoms with Crippen LogP contribution >= 0.6 is 0 Å². The van der Waals surface area contributed by atoms with Crippen LogP contribution in [0.5, 0.6) is 6.01 Å². The zero-order chi connectivity index (χ0) is 14.1. The van der Waals surface area contributed by atoms with Gasteiger partial charge in [0.2, 0.25) is 5.95 Å². The van der Waals surface area contributed by atoms with Crippen LogP contribution in [0.15, 0.2) is 24.3 Å². The molecule has 2 aromatic heterocycles. The van der Waals surface area contributed by atoms with E-state index in [1.54, 1.807) is 0 Å². The molecular weight excluding hydrogens is 256 g/mol. The van der Waals surface area contributed by atoms with Crippen LogP contribution in [0.2, 0.25) is 0 Å². The number of aryl methyl sites for hydroxylation is 1. The van der Waals surface area contributed by atoms with E-state index < -0.39 is 0 Å². The van der Waals surface area contributed by atoms with E-state index in [0.717, 1.165) is 16.9 Å². The predicted molar refractivity (Wildman–Crippen MR) is 74.3 cm³/mol. The van der Waals surface area contributed by atoms with Gasteiger partial charge in [0, 0.05) is 7.05 Å². The summed E-state index contributed by atoms with van der Waals surface area (Å²) >= 11 is 0. The van der Waals surface area contributed by atoms with Crippen molar-refractivity contribution in [2.24, 2.45) is 7.05 Å². The van der Waals surface area contributed by atoms with Gasteiger partial charge in [-0.2, -0.15) is 15.0 Å². The van der Waals surface area contributed by atoms with Crippen molar-refractivity contribution in [2.75, 3.05) is 12.8 Å². The number of fused-ring (bicyclic) bond motifs is 1. The van der Waals surface area contributed by atoms with Gasteiger partial charge in [-0.15, -0.1) is 0 Å². The maximum absolute atomic E-state index is 5.63. The fraction of sp³-hybridized carbons (Fsp3) is 0.231. The number of nitrogen functional groups attached to an aromatic ring is 1. The monoisotopic (exact) mass is 270 g/mol. The molecule has 0 aliphatic rings. The first kappa shape index (κ1) is 12.3. The summed E-state index contributed by atoms with van der Waals surface area (Å²) < 4.78 is 7.01. The number of benzene rings is 1. The average Bonchev–Trinajstić information content (AvgIpc) is 2.75. The number of para-hydroxylation sites is 2. The van der Waals surface area contributed by atoms with Crippen molar-refractivity contribution in [2.45, 2.75) is 6.42 Å². The van der Waals surface area contributed by atoms with E-state index in [4.69, 9.17) is 10.5 Å². The number of rotatable bonds is 3. The number of hydrogen-bond donors (Lipinski definition) is 1. The highest BCUT2D eigenvalue weighted by atomic mass is 16.5. The summed E-state index contributed by atoms with van der Waals surface area (Å²) in [4.78, 5) is 16.7. The fourth-order valence-electron chi connectivity index (χ4n) is 2.08. The Balaban J connectivity index is 2.01. The van der Waals surface area contributed by atoms with Crippen LogP contribution in [0, 0.1) is 0 Å². The van der Waals surface area contributed by atoms with Gasteiger partial charge in [-0.1, -0.05) is 12.1 Å². The molecule has 0 radical (unpaired) electrons. The molecule has 7 nitrogen and oxygen atoms in total. The van der Waals surface area contributed by atoms with Crippen LogP contribution in [0.4, 0.5) is 5.95 Å². The standard InChI is InChI=1S/C13H14N6O/c1-19-9-6-4-3-5-8(9)15-11(19)7-10-16-12(14)18-13(17-10)20-2/h3-6H,7H2,1-2H3,(H2,14,16,17,18). The minimum atomic E-state index is 0.144. The highest BCUT2D eigenvalue weighted by molar-refractivity contribution is 5.75. The topological polar surface area (TPSA) is 91.7 Å². The van der Waals surface area contributed by atoms with E-state index in [0.29, 0.717) is 12.2 Å². The summed E-state index contributed by atoms with van der Waals surface area (Å²) in [5.74, 6) is 1.54. The van der Waals surface area contributed by atoms with E-state index in [1.807, 2.05) is 35.9 Å². The van der Waals surface area contributed by atoms with Gasteiger partial charge in [-0.3, -0.25) is 0 Å². The van der Waals surface area contributed by atoms with Gasteiger partial charge >= 0.3 is 6.01 Å². The lowest BCUT2D eigenvalue weighted by Gasteiger charge is -2.04. The fourth-order valence-corrected chi connectivity index (χ4v) is 2.08. The van der Waals surface area contributed by atoms with Gasteiger partial charge in [-0.05, 0) is 12.1 Å². The zero-order valence-corrected chi connectivity index (χ0v) is 11.2. The molecule has 2 heterocycles. The molecule has 0 saturated heterocycles. The second kappa shape index (κ2) is 4.76. The third-order valence-electron chi connectivity index (χ3n) is 3.06. The lowest BCUT2D eigenvalue weighted by Crippen LogP contribution is -2.08. The van der Waals surface area contributed by atoms with E-state index in [-0.39, 0.29) is 12.0 Å². The summed E-state index contributed by atoms with van der Waals surface area (Å²) in [5.41, 5.74) is 7.64. The van der Waals surface area contributed by atoms with Gasteiger partial charge in [0.05, 0.1) is 24.6 Å². The van der Waals surface area contributed by atoms with Crippen molar-refractivity contribution in [3.05, 3.63) is 35.9 Å². The lowest BCUT2D eigenvalue weighted by atomic mass is 10.3. The first-order chi connectivity index (χ1) is 9.67. The van der Waals surface area contributed by atoms with Gasteiger partial charge in [-0.25, -0.2) is 4.98 Å². The molecular formula is C13H14N6O. The van der Waals surface area contributed by atoms with Crippen LogP contribution in [0.3, 0.4) is 0 Å². The average molecular weight is 270 g/mol. The number of ether oxygens (including phenoxy) is 1. The van der Waals surface area contributed by atoms with Crippen LogP contribution in [-0.4, -0.2) is 31.6 Å². The Kier molecular flexibility index (Phi) is 2.94. The molecule has 7 heteroatoms. The van der Waals surface area contributed by atoms with Crippen LogP contribution in [-0.2, 0) is 13.5 Å². The van der Waals surface area contributed by atoms with Crippen molar-refractivity contribution in [3.8, 4) is 6.01 Å². The maximum atomic E-state index is 5.63. The van der Waals surface area contributed by atoms with E-state index in [9.17, 15) is 0 Å². The number of nitrogens with two attached hydrogens (primary N) is 1. The third-order valence-corrected chi connectivity index (χ3v) is 3.06. The minimum Gasteiger partial charge on any atom is -0.467 e. The SMILES string of the molecule is COc1nc(N)nc(Cc2nc3ccccc3n2C)n1. The van der Waals surface area contributed by atoms with Gasteiger partial charge < -0.3 is 15.0 Å². The number of methoxy groups -OCH3 is 1. The number of hydrogen-bond acceptors (Lipinski definition) is 6. The summed E-state index contributed by atoms with van der Waals surface area (Å²) in [6, 6.07) is 8.15. The highest BCUT2D eigenvalue weighted by Gasteiger charge is 2.11. The molecule has 102 valence electrons. The molecule has 20 heavy (non-hydrogen) atoms. The van der Waals surface area contributed by atoms with Gasteiger partial charge in [0.25, 0.3) is 0 Å². The largest absolute Gasteiger partial charge is 0.467 e. The molecule has 1 aromatic carbocycles. The Morgan fingerprint density at radius 2 is 1.95 bits per heavy atom. The number of imidazole rings is 1. The van der Waals surface area contributed by atoms with Crippen molar-refractivity contribution in [3.63, 3.8) is 0 Å². The second-order valence-corrected chi connectivity index (χ2v) is 4.35. The Hall–Kier alpha value is -2.70. The molecule has 0 amide bonds. The second-order valence-electron chi connectivity index (χ2n) is 4.35. The van der Waals surface area contributed by atoms with Crippen LogP contribution < -0.4 is 10.5 Å². The summed E-state index contributed by atoms with van der Waals surface area (Å²) in [7, 11) is 3.46. The van der Waals surface area contributed by atoms with E-state index in [2.05, 4.69) is 19.9 Å². The minimum absolute atomic E-state index is 0.144. The third kappa shape index (κ3) is 2.13. The van der Waals surface area contributed by atoms with Gasteiger partial charge in [0.15, 0.2) is 0 Å². The quantitative estimate of drug-likeness (QED) is 0.761. The normalized spacial score (nSPS) is 10.9. The molecule has 0 saturated carbocycles. The molecule has 0 bridgehead atoms.